The molecule has 0 fully saturated rings. The number of hydrogen-bond donors (Lipinski definition) is 0. The summed E-state index contributed by atoms with van der Waals surface area (Å²) in [5, 5.41) is 0. The fourth-order valence-electron chi connectivity index (χ4n) is 2.23. The van der Waals surface area contributed by atoms with Crippen LogP contribution in [-0.2, 0) is 19.1 Å². The van der Waals surface area contributed by atoms with E-state index in [2.05, 4.69) is 33.9 Å². The summed E-state index contributed by atoms with van der Waals surface area (Å²) in [6.45, 7) is 16.2. The van der Waals surface area contributed by atoms with Gasteiger partial charge in [0.05, 0.1) is 13.2 Å². The van der Waals surface area contributed by atoms with Crippen LogP contribution in [0, 0.1) is 5.92 Å². The smallest absolute Gasteiger partial charge is 0.333 e. The molecule has 0 bridgehead atoms. The molecule has 0 aliphatic heterocycles. The predicted molar refractivity (Wildman–Crippen MR) is 114 cm³/mol. The monoisotopic (exact) mass is 382 g/mol. The fraction of sp³-hybridized carbons (Fsp3) is 0.739. The lowest BCUT2D eigenvalue weighted by Gasteiger charge is -2.04. The van der Waals surface area contributed by atoms with Gasteiger partial charge in [0, 0.05) is 11.6 Å². The summed E-state index contributed by atoms with van der Waals surface area (Å²) < 4.78 is 9.81. The second-order valence-electron chi connectivity index (χ2n) is 7.30. The molecular weight excluding hydrogens is 340 g/mol. The first-order valence-corrected chi connectivity index (χ1v) is 10.5. The Morgan fingerprint density at radius 1 is 0.889 bits per heavy atom. The number of carbonyl (C=O) groups is 2. The van der Waals surface area contributed by atoms with Gasteiger partial charge >= 0.3 is 11.9 Å². The molecule has 0 saturated heterocycles. The molecule has 0 N–H and O–H groups in total. The molecule has 0 aliphatic carbocycles. The van der Waals surface area contributed by atoms with Crippen molar-refractivity contribution in [2.75, 3.05) is 13.2 Å². The van der Waals surface area contributed by atoms with Gasteiger partial charge in [0.25, 0.3) is 0 Å². The van der Waals surface area contributed by atoms with E-state index in [0.29, 0.717) is 18.8 Å². The van der Waals surface area contributed by atoms with Gasteiger partial charge in [0.2, 0.25) is 0 Å². The van der Waals surface area contributed by atoms with Crippen LogP contribution in [0.15, 0.2) is 24.8 Å². The van der Waals surface area contributed by atoms with E-state index in [1.807, 2.05) is 0 Å². The van der Waals surface area contributed by atoms with Crippen LogP contribution < -0.4 is 0 Å². The van der Waals surface area contributed by atoms with E-state index in [-0.39, 0.29) is 11.9 Å². The SMILES string of the molecule is C=C(C)C(=O)OCCCCCCCC.C=CC(=O)OCCCCCC(C)C. The van der Waals surface area contributed by atoms with Crippen molar-refractivity contribution in [2.24, 2.45) is 5.92 Å². The van der Waals surface area contributed by atoms with Gasteiger partial charge in [-0.1, -0.05) is 85.3 Å². The van der Waals surface area contributed by atoms with Crippen LogP contribution in [0.4, 0.5) is 0 Å². The van der Waals surface area contributed by atoms with Crippen LogP contribution in [0.5, 0.6) is 0 Å². The Bertz CT molecular complexity index is 399. The third-order valence-corrected chi connectivity index (χ3v) is 3.92. The van der Waals surface area contributed by atoms with Crippen LogP contribution in [-0.4, -0.2) is 25.2 Å². The number of esters is 2. The van der Waals surface area contributed by atoms with Crippen molar-refractivity contribution in [3.63, 3.8) is 0 Å². The zero-order valence-corrected chi connectivity index (χ0v) is 18.2. The number of carbonyl (C=O) groups excluding carboxylic acids is 2. The first-order valence-electron chi connectivity index (χ1n) is 10.5. The van der Waals surface area contributed by atoms with Crippen molar-refractivity contribution in [3.05, 3.63) is 24.8 Å². The highest BCUT2D eigenvalue weighted by atomic mass is 16.5. The van der Waals surface area contributed by atoms with Gasteiger partial charge < -0.3 is 9.47 Å². The van der Waals surface area contributed by atoms with Gasteiger partial charge in [0.1, 0.15) is 0 Å². The van der Waals surface area contributed by atoms with Crippen molar-refractivity contribution >= 4 is 11.9 Å². The fourth-order valence-corrected chi connectivity index (χ4v) is 2.23. The lowest BCUT2D eigenvalue weighted by atomic mass is 10.1. The Kier molecular flexibility index (Phi) is 21.2. The molecule has 27 heavy (non-hydrogen) atoms. The minimum absolute atomic E-state index is 0.265. The van der Waals surface area contributed by atoms with Gasteiger partial charge in [-0.3, -0.25) is 0 Å². The lowest BCUT2D eigenvalue weighted by molar-refractivity contribution is -0.139. The van der Waals surface area contributed by atoms with E-state index in [0.717, 1.165) is 31.6 Å². The Morgan fingerprint density at radius 3 is 1.93 bits per heavy atom. The van der Waals surface area contributed by atoms with E-state index in [1.165, 1.54) is 44.6 Å². The van der Waals surface area contributed by atoms with E-state index in [4.69, 9.17) is 9.47 Å². The number of rotatable bonds is 15. The normalized spacial score (nSPS) is 9.96. The van der Waals surface area contributed by atoms with Gasteiger partial charge in [-0.2, -0.15) is 0 Å². The highest BCUT2D eigenvalue weighted by Gasteiger charge is 2.01. The summed E-state index contributed by atoms with van der Waals surface area (Å²) in [5.74, 6) is 0.193. The van der Waals surface area contributed by atoms with Crippen LogP contribution in [0.3, 0.4) is 0 Å². The molecule has 0 heterocycles. The molecule has 4 heteroatoms. The Hall–Kier alpha value is -1.58. The van der Waals surface area contributed by atoms with Crippen molar-refractivity contribution in [1.29, 1.82) is 0 Å². The molecule has 0 radical (unpaired) electrons. The molecule has 0 unspecified atom stereocenters. The average molecular weight is 383 g/mol. The van der Waals surface area contributed by atoms with Gasteiger partial charge in [-0.05, 0) is 25.7 Å². The Labute approximate surface area is 167 Å². The Morgan fingerprint density at radius 2 is 1.41 bits per heavy atom. The summed E-state index contributed by atoms with van der Waals surface area (Å²) in [7, 11) is 0. The molecule has 0 aromatic heterocycles. The summed E-state index contributed by atoms with van der Waals surface area (Å²) in [6.07, 6.45) is 13.0. The van der Waals surface area contributed by atoms with Crippen molar-refractivity contribution in [1.82, 2.24) is 0 Å². The quantitative estimate of drug-likeness (QED) is 0.187. The highest BCUT2D eigenvalue weighted by Crippen LogP contribution is 2.08. The molecule has 0 aromatic carbocycles. The molecule has 0 amide bonds. The summed E-state index contributed by atoms with van der Waals surface area (Å²) >= 11 is 0. The standard InChI is InChI=1S/C12H22O2.C11H20O2/c1-4-5-6-7-8-9-10-14-12(13)11(2)3;1-4-11(12)13-9-7-5-6-8-10(2)3/h2,4-10H2,1,3H3;4,10H,1,5-9H2,2-3H3. The largest absolute Gasteiger partial charge is 0.463 e. The van der Waals surface area contributed by atoms with Crippen LogP contribution in [0.1, 0.15) is 91.9 Å². The van der Waals surface area contributed by atoms with E-state index in [9.17, 15) is 9.59 Å². The first-order chi connectivity index (χ1) is 12.8. The van der Waals surface area contributed by atoms with Gasteiger partial charge in [-0.25, -0.2) is 9.59 Å². The maximum absolute atomic E-state index is 11.0. The molecule has 4 nitrogen and oxygen atoms in total. The molecule has 0 aromatic rings. The first kappa shape index (κ1) is 27.6. The summed E-state index contributed by atoms with van der Waals surface area (Å²) in [6, 6.07) is 0. The molecular formula is C23H42O4. The number of hydrogen-bond acceptors (Lipinski definition) is 4. The molecule has 0 rings (SSSR count). The third-order valence-electron chi connectivity index (χ3n) is 3.92. The maximum Gasteiger partial charge on any atom is 0.333 e. The second-order valence-corrected chi connectivity index (χ2v) is 7.30. The zero-order valence-electron chi connectivity index (χ0n) is 18.2. The van der Waals surface area contributed by atoms with E-state index < -0.39 is 0 Å². The molecule has 0 spiro atoms. The molecule has 0 atom stereocenters. The third kappa shape index (κ3) is 24.4. The van der Waals surface area contributed by atoms with E-state index in [1.54, 1.807) is 6.92 Å². The summed E-state index contributed by atoms with van der Waals surface area (Å²) in [4.78, 5) is 21.6. The topological polar surface area (TPSA) is 52.6 Å². The minimum atomic E-state index is -0.316. The zero-order chi connectivity index (χ0) is 20.9. The molecule has 0 saturated carbocycles. The lowest BCUT2D eigenvalue weighted by Crippen LogP contribution is -2.05. The highest BCUT2D eigenvalue weighted by molar-refractivity contribution is 5.86. The van der Waals surface area contributed by atoms with Crippen molar-refractivity contribution < 1.29 is 19.1 Å². The molecule has 0 aliphatic rings. The van der Waals surface area contributed by atoms with Crippen molar-refractivity contribution in [2.45, 2.75) is 91.9 Å². The predicted octanol–water partition coefficient (Wildman–Crippen LogP) is 6.40. The van der Waals surface area contributed by atoms with Gasteiger partial charge in [-0.15, -0.1) is 0 Å². The minimum Gasteiger partial charge on any atom is -0.463 e. The number of ether oxygens (including phenoxy) is 2. The average Bonchev–Trinajstić information content (AvgIpc) is 2.63. The van der Waals surface area contributed by atoms with Crippen molar-refractivity contribution in [3.8, 4) is 0 Å². The summed E-state index contributed by atoms with van der Waals surface area (Å²) in [5.41, 5.74) is 0.482. The number of unbranched alkanes of at least 4 members (excludes halogenated alkanes) is 7. The van der Waals surface area contributed by atoms with E-state index >= 15 is 0 Å². The molecule has 158 valence electrons. The van der Waals surface area contributed by atoms with Crippen LogP contribution >= 0.6 is 0 Å². The van der Waals surface area contributed by atoms with Crippen LogP contribution in [0.2, 0.25) is 0 Å². The maximum atomic E-state index is 11.0. The second kappa shape index (κ2) is 20.7. The van der Waals surface area contributed by atoms with Crippen LogP contribution in [0.25, 0.3) is 0 Å². The Balaban J connectivity index is 0. The van der Waals surface area contributed by atoms with Gasteiger partial charge in [0.15, 0.2) is 0 Å².